The molecular weight excluding hydrogens is 1730 g/mol. The maximum atomic E-state index is 13.7. The number of amidine groups is 6. The smallest absolute Gasteiger partial charge is 0.270 e. The van der Waals surface area contributed by atoms with Crippen LogP contribution in [0.3, 0.4) is 0 Å². The summed E-state index contributed by atoms with van der Waals surface area (Å²) in [6, 6.07) is 59.5. The fraction of sp³-hybridized carbons (Fsp3) is 0.125. The van der Waals surface area contributed by atoms with Gasteiger partial charge in [-0.3, -0.25) is 50.8 Å². The number of carbonyl (C=O) groups excluding carboxylic acids is 4. The molecule has 0 aliphatic rings. The standard InChI is InChI=1S/C22H18F4N4S2.C17H16N4OS.C16H15Br2N3OS.C16H15N5OS.C9H12N4OS/c23-15-5-7-19(17(25)9-15)29-21(27)31-11-13-3-1-2-4-14(13)12-32-22(28)30-20-8-6-16(24)10-18(20)26;18-9-12-5-7-13(8-6-12)10-21-16(22)15-4-2-1-3-14(15)11-23-17(19)20;17-12-3-1-10(2-4-12)8-21-15(22)14-6-5-13(18)7-11(14)9-23-16(19)20;17-8-11-3-5-12(6-4-11)9-21-15(22)14-13(2-1-7-20-14)10-23-16(18)19;1-12-8(14)7-6(3-2-4-13-7)5-15-9(10)11/h1-10H,11-12H2,(H2,27,29)(H2,28,30);1-8H,10-11H2,(H3,19,20)(H,21,22);1-7H,8-9H2,(H3,19,20)(H,21,22);1-7H,9-10H2,(H3,18,19)(H,21,22);2-4H,5H2,1H3,(H3,10,11)(H,12,14). The first-order valence-electron chi connectivity index (χ1n) is 33.9. The van der Waals surface area contributed by atoms with Gasteiger partial charge in [-0.15, -0.1) is 0 Å². The van der Waals surface area contributed by atoms with E-state index < -0.39 is 23.3 Å². The number of aromatic nitrogens is 2. The average molecular weight is 1810 g/mol. The molecule has 10 rings (SSSR count). The Hall–Kier alpha value is -11.5. The molecule has 0 aliphatic heterocycles. The summed E-state index contributed by atoms with van der Waals surface area (Å²) in [7, 11) is 1.55. The molecule has 0 saturated carbocycles. The van der Waals surface area contributed by atoms with E-state index in [9.17, 15) is 36.7 Å². The van der Waals surface area contributed by atoms with E-state index in [0.29, 0.717) is 87.8 Å². The minimum atomic E-state index is -0.794. The zero-order valence-corrected chi connectivity index (χ0v) is 69.6. The largest absolute Gasteiger partial charge is 0.379 e. The van der Waals surface area contributed by atoms with Crippen molar-refractivity contribution in [3.05, 3.63) is 329 Å². The highest BCUT2D eigenvalue weighted by molar-refractivity contribution is 9.10. The number of benzene rings is 8. The first kappa shape index (κ1) is 93.4. The average Bonchev–Trinajstić information content (AvgIpc) is 0.844. The van der Waals surface area contributed by atoms with Crippen molar-refractivity contribution in [3.8, 4) is 12.1 Å². The van der Waals surface area contributed by atoms with E-state index in [-0.39, 0.29) is 66.0 Å². The molecule has 8 aromatic carbocycles. The molecule has 116 heavy (non-hydrogen) atoms. The Morgan fingerprint density at radius 2 is 0.750 bits per heavy atom. The summed E-state index contributed by atoms with van der Waals surface area (Å²) >= 11 is 13.9. The van der Waals surface area contributed by atoms with Crippen molar-refractivity contribution in [3.63, 3.8) is 0 Å². The second-order valence-electron chi connectivity index (χ2n) is 23.4. The van der Waals surface area contributed by atoms with Gasteiger partial charge < -0.3 is 55.7 Å². The van der Waals surface area contributed by atoms with Gasteiger partial charge in [0.15, 0.2) is 42.6 Å². The fourth-order valence-corrected chi connectivity index (χ4v) is 13.8. The third kappa shape index (κ3) is 33.9. The second-order valence-corrected chi connectivity index (χ2v) is 31.3. The summed E-state index contributed by atoms with van der Waals surface area (Å²) in [6.07, 6.45) is 3.12. The van der Waals surface area contributed by atoms with Gasteiger partial charge in [0.25, 0.3) is 23.6 Å². The van der Waals surface area contributed by atoms with E-state index >= 15 is 0 Å². The zero-order valence-electron chi connectivity index (χ0n) is 61.6. The number of nitriles is 2. The molecular formula is C80H76Br2F4N20O4S6. The van der Waals surface area contributed by atoms with Crippen LogP contribution in [0.25, 0.3) is 0 Å². The van der Waals surface area contributed by atoms with Crippen LogP contribution >= 0.6 is 102 Å². The van der Waals surface area contributed by atoms with Crippen molar-refractivity contribution in [2.45, 2.75) is 54.2 Å². The first-order valence-corrected chi connectivity index (χ1v) is 41.4. The second kappa shape index (κ2) is 50.0. The molecule has 598 valence electrons. The van der Waals surface area contributed by atoms with Gasteiger partial charge in [0.2, 0.25) is 0 Å². The van der Waals surface area contributed by atoms with Gasteiger partial charge >= 0.3 is 0 Å². The lowest BCUT2D eigenvalue weighted by Crippen LogP contribution is -2.25. The van der Waals surface area contributed by atoms with Crippen molar-refractivity contribution in [2.24, 2.45) is 44.4 Å². The maximum Gasteiger partial charge on any atom is 0.270 e. The van der Waals surface area contributed by atoms with Crippen LogP contribution in [0.4, 0.5) is 28.9 Å². The molecule has 0 aliphatic carbocycles. The summed E-state index contributed by atoms with van der Waals surface area (Å²) in [4.78, 5) is 64.6. The Morgan fingerprint density at radius 3 is 1.16 bits per heavy atom. The van der Waals surface area contributed by atoms with Gasteiger partial charge in [0.1, 0.15) is 34.4 Å². The topological polar surface area (TPSA) is 466 Å². The zero-order chi connectivity index (χ0) is 84.5. The van der Waals surface area contributed by atoms with E-state index in [4.69, 9.17) is 66.6 Å². The first-order chi connectivity index (χ1) is 55.6. The van der Waals surface area contributed by atoms with Gasteiger partial charge in [0.05, 0.1) is 23.3 Å². The summed E-state index contributed by atoms with van der Waals surface area (Å²) in [6.45, 7) is 1.20. The molecule has 0 fully saturated rings. The van der Waals surface area contributed by atoms with Crippen LogP contribution in [-0.2, 0) is 54.2 Å². The van der Waals surface area contributed by atoms with Crippen LogP contribution in [0.15, 0.2) is 232 Å². The molecule has 20 N–H and O–H groups in total. The van der Waals surface area contributed by atoms with Crippen molar-refractivity contribution in [2.75, 3.05) is 7.05 Å². The monoisotopic (exact) mass is 1810 g/mol. The van der Waals surface area contributed by atoms with Crippen molar-refractivity contribution < 1.29 is 36.7 Å². The number of halogens is 6. The molecule has 0 radical (unpaired) electrons. The molecule has 10 aromatic rings. The normalized spacial score (nSPS) is 10.6. The Morgan fingerprint density at radius 1 is 0.405 bits per heavy atom. The van der Waals surface area contributed by atoms with Gasteiger partial charge in [-0.25, -0.2) is 27.5 Å². The number of hydrogen-bond acceptors (Lipinski definition) is 20. The molecule has 0 atom stereocenters. The van der Waals surface area contributed by atoms with Crippen LogP contribution in [0, 0.1) is 67.6 Å². The Bertz CT molecular complexity index is 5020. The molecule has 2 heterocycles. The molecule has 0 saturated heterocycles. The SMILES string of the molecule is CNC(=O)c1ncccc1CSC(=N)N.N#Cc1ccc(CNC(=O)c2ccccc2CSC(=N)N)cc1.N#Cc1ccc(CNC(=O)c2ncccc2CSC(=N)N)cc1.N=C(N)SCc1cc(Br)ccc1C(=O)NCc1ccc(Br)cc1.NC(=Nc1ccc(F)cc1F)SCc1ccccc1CSC(N)=Nc1ccc(F)cc1F. The lowest BCUT2D eigenvalue weighted by Gasteiger charge is -2.11. The highest BCUT2D eigenvalue weighted by Gasteiger charge is 2.18. The minimum absolute atomic E-state index is 0.00204. The van der Waals surface area contributed by atoms with Crippen molar-refractivity contribution in [1.29, 1.82) is 32.2 Å². The minimum Gasteiger partial charge on any atom is -0.379 e. The number of rotatable bonds is 24. The fourth-order valence-electron chi connectivity index (χ4n) is 9.44. The van der Waals surface area contributed by atoms with E-state index in [2.05, 4.69) is 79.1 Å². The molecule has 0 spiro atoms. The summed E-state index contributed by atoms with van der Waals surface area (Å²) < 4.78 is 55.4. The molecule has 24 nitrogen and oxygen atoms in total. The van der Waals surface area contributed by atoms with Gasteiger partial charge in [-0.2, -0.15) is 10.5 Å². The summed E-state index contributed by atoms with van der Waals surface area (Å²) in [5, 5.41) is 57.9. The number of hydrogen-bond donors (Lipinski definition) is 14. The maximum absolute atomic E-state index is 13.7. The highest BCUT2D eigenvalue weighted by atomic mass is 79.9. The molecule has 0 unspecified atom stereocenters. The Labute approximate surface area is 709 Å². The predicted molar refractivity (Wildman–Crippen MR) is 470 cm³/mol. The van der Waals surface area contributed by atoms with Gasteiger partial charge in [0, 0.05) is 106 Å². The third-order valence-corrected chi connectivity index (χ3v) is 20.9. The van der Waals surface area contributed by atoms with Gasteiger partial charge in [-0.05, 0) is 147 Å². The van der Waals surface area contributed by atoms with Crippen molar-refractivity contribution in [1.82, 2.24) is 31.2 Å². The van der Waals surface area contributed by atoms with Crippen LogP contribution < -0.4 is 55.7 Å². The lowest BCUT2D eigenvalue weighted by molar-refractivity contribution is 0.0938. The Kier molecular flexibility index (Phi) is 40.2. The van der Waals surface area contributed by atoms with Crippen LogP contribution in [0.5, 0.6) is 0 Å². The Balaban J connectivity index is 0.000000229. The van der Waals surface area contributed by atoms with E-state index in [1.807, 2.05) is 91.0 Å². The molecule has 2 aromatic heterocycles. The number of aliphatic imine (C=N–C) groups is 2. The van der Waals surface area contributed by atoms with E-state index in [1.54, 1.807) is 98.3 Å². The van der Waals surface area contributed by atoms with Crippen LogP contribution in [0.2, 0.25) is 0 Å². The van der Waals surface area contributed by atoms with E-state index in [0.717, 1.165) is 95.0 Å². The highest BCUT2D eigenvalue weighted by Crippen LogP contribution is 2.28. The van der Waals surface area contributed by atoms with Crippen LogP contribution in [0.1, 0.15) is 103 Å². The summed E-state index contributed by atoms with van der Waals surface area (Å²) in [5.41, 5.74) is 43.9. The molecule has 36 heteroatoms. The molecule has 0 bridgehead atoms. The number of nitrogens with zero attached hydrogens (tertiary/aromatic N) is 6. The van der Waals surface area contributed by atoms with Gasteiger partial charge in [-0.1, -0.05) is 193 Å². The number of nitrogens with two attached hydrogens (primary N) is 6. The quantitative estimate of drug-likeness (QED) is 0.0152. The molecule has 4 amide bonds. The predicted octanol–water partition coefficient (Wildman–Crippen LogP) is 15.5. The number of pyridine rings is 2. The summed E-state index contributed by atoms with van der Waals surface area (Å²) in [5.74, 6) is -1.02. The number of thioether (sulfide) groups is 6. The van der Waals surface area contributed by atoms with Crippen molar-refractivity contribution >= 4 is 168 Å². The lowest BCUT2D eigenvalue weighted by atomic mass is 10.1. The van der Waals surface area contributed by atoms with Crippen LogP contribution in [-0.4, -0.2) is 71.7 Å². The van der Waals surface area contributed by atoms with E-state index in [1.165, 1.54) is 70.9 Å². The third-order valence-electron chi connectivity index (χ3n) is 15.1. The number of amides is 4. The number of nitrogens with one attached hydrogen (secondary N) is 8. The number of carbonyl (C=O) groups is 4.